The number of rotatable bonds is 4. The highest BCUT2D eigenvalue weighted by atomic mass is 32.1. The second-order valence-electron chi connectivity index (χ2n) is 3.09. The molecule has 1 amide bonds. The molecule has 0 radical (unpaired) electrons. The third-order valence-corrected chi connectivity index (χ3v) is 2.73. The van der Waals surface area contributed by atoms with Gasteiger partial charge < -0.3 is 10.5 Å². The van der Waals surface area contributed by atoms with Crippen LogP contribution in [0.25, 0.3) is 0 Å². The number of aromatic nitrogens is 1. The first-order valence-electron chi connectivity index (χ1n) is 4.68. The maximum atomic E-state index is 10.8. The summed E-state index contributed by atoms with van der Waals surface area (Å²) in [5, 5.41) is 2.36. The zero-order valence-electron chi connectivity index (χ0n) is 8.42. The number of para-hydroxylation sites is 1. The highest BCUT2D eigenvalue weighted by Crippen LogP contribution is 2.14. The third-order valence-electron chi connectivity index (χ3n) is 1.91. The number of primary amides is 1. The van der Waals surface area contributed by atoms with Crippen LogP contribution in [-0.4, -0.2) is 10.9 Å². The maximum absolute atomic E-state index is 10.8. The predicted octanol–water partition coefficient (Wildman–Crippen LogP) is 1.82. The Hall–Kier alpha value is -1.88. The van der Waals surface area contributed by atoms with Crippen molar-refractivity contribution in [3.63, 3.8) is 0 Å². The molecule has 0 saturated heterocycles. The van der Waals surface area contributed by atoms with Gasteiger partial charge in [0.15, 0.2) is 0 Å². The Balaban J connectivity index is 1.97. The topological polar surface area (TPSA) is 65.2 Å². The SMILES string of the molecule is NC(=O)c1csc(COc2ccccc2)n1. The average Bonchev–Trinajstić information content (AvgIpc) is 2.76. The lowest BCUT2D eigenvalue weighted by atomic mass is 10.3. The minimum atomic E-state index is -0.512. The molecule has 2 rings (SSSR count). The molecule has 1 aromatic heterocycles. The number of carbonyl (C=O) groups is 1. The highest BCUT2D eigenvalue weighted by molar-refractivity contribution is 7.09. The zero-order chi connectivity index (χ0) is 11.4. The van der Waals surface area contributed by atoms with Gasteiger partial charge in [-0.2, -0.15) is 0 Å². The second kappa shape index (κ2) is 4.76. The minimum Gasteiger partial charge on any atom is -0.486 e. The van der Waals surface area contributed by atoms with Crippen LogP contribution in [0.15, 0.2) is 35.7 Å². The average molecular weight is 234 g/mol. The molecule has 1 aromatic carbocycles. The van der Waals surface area contributed by atoms with E-state index in [0.29, 0.717) is 6.61 Å². The Morgan fingerprint density at radius 3 is 2.75 bits per heavy atom. The molecule has 0 aliphatic carbocycles. The van der Waals surface area contributed by atoms with Crippen molar-refractivity contribution in [3.05, 3.63) is 46.4 Å². The van der Waals surface area contributed by atoms with E-state index in [2.05, 4.69) is 4.98 Å². The molecule has 0 fully saturated rings. The molecule has 1 heterocycles. The van der Waals surface area contributed by atoms with Crippen molar-refractivity contribution >= 4 is 17.2 Å². The number of hydrogen-bond donors (Lipinski definition) is 1. The van der Waals surface area contributed by atoms with Gasteiger partial charge in [-0.25, -0.2) is 4.98 Å². The van der Waals surface area contributed by atoms with Gasteiger partial charge in [0, 0.05) is 5.38 Å². The molecule has 5 heteroatoms. The van der Waals surface area contributed by atoms with Crippen molar-refractivity contribution in [2.75, 3.05) is 0 Å². The summed E-state index contributed by atoms with van der Waals surface area (Å²) in [6.07, 6.45) is 0. The first-order chi connectivity index (χ1) is 7.75. The lowest BCUT2D eigenvalue weighted by molar-refractivity contribution is 0.0996. The van der Waals surface area contributed by atoms with Crippen LogP contribution in [0.5, 0.6) is 5.75 Å². The Morgan fingerprint density at radius 2 is 2.12 bits per heavy atom. The van der Waals surface area contributed by atoms with E-state index in [1.54, 1.807) is 5.38 Å². The molecule has 0 saturated carbocycles. The van der Waals surface area contributed by atoms with Crippen molar-refractivity contribution in [3.8, 4) is 5.75 Å². The van der Waals surface area contributed by atoms with E-state index in [1.165, 1.54) is 11.3 Å². The van der Waals surface area contributed by atoms with Gasteiger partial charge in [0.1, 0.15) is 23.1 Å². The van der Waals surface area contributed by atoms with Crippen LogP contribution in [0.2, 0.25) is 0 Å². The number of carbonyl (C=O) groups excluding carboxylic acids is 1. The Morgan fingerprint density at radius 1 is 1.38 bits per heavy atom. The molecule has 0 unspecified atom stereocenters. The summed E-state index contributed by atoms with van der Waals surface area (Å²) < 4.78 is 5.48. The van der Waals surface area contributed by atoms with Gasteiger partial charge in [-0.05, 0) is 12.1 Å². The minimum absolute atomic E-state index is 0.289. The number of hydrogen-bond acceptors (Lipinski definition) is 4. The largest absolute Gasteiger partial charge is 0.486 e. The molecule has 0 spiro atoms. The van der Waals surface area contributed by atoms with Crippen molar-refractivity contribution in [1.29, 1.82) is 0 Å². The fraction of sp³-hybridized carbons (Fsp3) is 0.0909. The van der Waals surface area contributed by atoms with Crippen LogP contribution >= 0.6 is 11.3 Å². The summed E-state index contributed by atoms with van der Waals surface area (Å²) in [5.74, 6) is 0.264. The molecule has 4 nitrogen and oxygen atoms in total. The fourth-order valence-corrected chi connectivity index (χ4v) is 1.85. The van der Waals surface area contributed by atoms with Gasteiger partial charge >= 0.3 is 0 Å². The first-order valence-corrected chi connectivity index (χ1v) is 5.56. The van der Waals surface area contributed by atoms with Crippen molar-refractivity contribution in [2.24, 2.45) is 5.73 Å². The summed E-state index contributed by atoms with van der Waals surface area (Å²) in [7, 11) is 0. The Labute approximate surface area is 96.7 Å². The third kappa shape index (κ3) is 2.58. The van der Waals surface area contributed by atoms with Crippen molar-refractivity contribution in [2.45, 2.75) is 6.61 Å². The van der Waals surface area contributed by atoms with Gasteiger partial charge in [0.05, 0.1) is 0 Å². The summed E-state index contributed by atoms with van der Waals surface area (Å²) in [5.41, 5.74) is 5.39. The standard InChI is InChI=1S/C11H10N2O2S/c12-11(14)9-7-16-10(13-9)6-15-8-4-2-1-3-5-8/h1-5,7H,6H2,(H2,12,14). The van der Waals surface area contributed by atoms with Crippen molar-refractivity contribution < 1.29 is 9.53 Å². The number of benzene rings is 1. The van der Waals surface area contributed by atoms with E-state index in [-0.39, 0.29) is 5.69 Å². The number of nitrogens with two attached hydrogens (primary N) is 1. The first kappa shape index (κ1) is 10.6. The predicted molar refractivity (Wildman–Crippen MR) is 61.4 cm³/mol. The van der Waals surface area contributed by atoms with Crippen LogP contribution in [0.4, 0.5) is 0 Å². The summed E-state index contributed by atoms with van der Waals surface area (Å²) in [4.78, 5) is 14.9. The summed E-state index contributed by atoms with van der Waals surface area (Å²) in [6.45, 7) is 0.349. The van der Waals surface area contributed by atoms with E-state index >= 15 is 0 Å². The highest BCUT2D eigenvalue weighted by Gasteiger charge is 2.06. The number of thiazole rings is 1. The number of amides is 1. The summed E-state index contributed by atoms with van der Waals surface area (Å²) >= 11 is 1.36. The molecule has 2 aromatic rings. The molecule has 16 heavy (non-hydrogen) atoms. The van der Waals surface area contributed by atoms with Gasteiger partial charge in [-0.1, -0.05) is 18.2 Å². The molecular formula is C11H10N2O2S. The summed E-state index contributed by atoms with van der Waals surface area (Å²) in [6, 6.07) is 9.44. The van der Waals surface area contributed by atoms with Crippen LogP contribution < -0.4 is 10.5 Å². The Kier molecular flexibility index (Phi) is 3.16. The fourth-order valence-electron chi connectivity index (χ4n) is 1.15. The molecule has 0 bridgehead atoms. The van der Waals surface area contributed by atoms with E-state index in [1.807, 2.05) is 30.3 Å². The normalized spacial score (nSPS) is 10.0. The van der Waals surface area contributed by atoms with E-state index in [0.717, 1.165) is 10.8 Å². The van der Waals surface area contributed by atoms with Gasteiger partial charge in [0.25, 0.3) is 5.91 Å². The molecule has 0 aliphatic rings. The molecule has 0 aliphatic heterocycles. The van der Waals surface area contributed by atoms with Gasteiger partial charge in [0.2, 0.25) is 0 Å². The van der Waals surface area contributed by atoms with Crippen LogP contribution in [0.1, 0.15) is 15.5 Å². The van der Waals surface area contributed by atoms with Crippen LogP contribution in [0.3, 0.4) is 0 Å². The van der Waals surface area contributed by atoms with Crippen molar-refractivity contribution in [1.82, 2.24) is 4.98 Å². The van der Waals surface area contributed by atoms with Gasteiger partial charge in [-0.15, -0.1) is 11.3 Å². The van der Waals surface area contributed by atoms with Gasteiger partial charge in [-0.3, -0.25) is 4.79 Å². The smallest absolute Gasteiger partial charge is 0.268 e. The lowest BCUT2D eigenvalue weighted by Gasteiger charge is -2.02. The number of nitrogens with zero attached hydrogens (tertiary/aromatic N) is 1. The Bertz CT molecular complexity index is 482. The lowest BCUT2D eigenvalue weighted by Crippen LogP contribution is -2.11. The van der Waals surface area contributed by atoms with E-state index in [4.69, 9.17) is 10.5 Å². The maximum Gasteiger partial charge on any atom is 0.268 e. The number of ether oxygens (including phenoxy) is 1. The van der Waals surface area contributed by atoms with E-state index < -0.39 is 5.91 Å². The monoisotopic (exact) mass is 234 g/mol. The zero-order valence-corrected chi connectivity index (χ0v) is 9.24. The van der Waals surface area contributed by atoms with E-state index in [9.17, 15) is 4.79 Å². The quantitative estimate of drug-likeness (QED) is 0.877. The molecule has 82 valence electrons. The molecule has 0 atom stereocenters. The van der Waals surface area contributed by atoms with Crippen LogP contribution in [-0.2, 0) is 6.61 Å². The molecule has 2 N–H and O–H groups in total. The second-order valence-corrected chi connectivity index (χ2v) is 4.04. The molecular weight excluding hydrogens is 224 g/mol. The van der Waals surface area contributed by atoms with Crippen LogP contribution in [0, 0.1) is 0 Å².